The van der Waals surface area contributed by atoms with Crippen LogP contribution >= 0.6 is 23.4 Å². The number of carbonyl (C=O) groups is 3. The summed E-state index contributed by atoms with van der Waals surface area (Å²) in [6, 6.07) is 15.6. The van der Waals surface area contributed by atoms with Crippen molar-refractivity contribution in [2.24, 2.45) is 0 Å². The number of ether oxygens (including phenoxy) is 2. The summed E-state index contributed by atoms with van der Waals surface area (Å²) in [6.45, 7) is 1.83. The van der Waals surface area contributed by atoms with Crippen molar-refractivity contribution >= 4 is 41.1 Å². The lowest BCUT2D eigenvalue weighted by molar-refractivity contribution is -0.153. The largest absolute Gasteiger partial charge is 0.456 e. The monoisotopic (exact) mass is 486 g/mol. The molecule has 0 aromatic heterocycles. The molecule has 2 aliphatic heterocycles. The van der Waals surface area contributed by atoms with Crippen LogP contribution in [0.1, 0.15) is 18.1 Å². The van der Waals surface area contributed by atoms with Gasteiger partial charge in [-0.15, -0.1) is 0 Å². The number of rotatable bonds is 7. The number of hydrogen-bond donors (Lipinski definition) is 1. The lowest BCUT2D eigenvalue weighted by Gasteiger charge is -2.51. The van der Waals surface area contributed by atoms with Gasteiger partial charge < -0.3 is 14.8 Å². The summed E-state index contributed by atoms with van der Waals surface area (Å²) in [4.78, 5) is 39.9. The van der Waals surface area contributed by atoms with Gasteiger partial charge in [-0.2, -0.15) is 0 Å². The van der Waals surface area contributed by atoms with Crippen molar-refractivity contribution in [3.8, 4) is 0 Å². The molecule has 2 aromatic carbocycles. The predicted molar refractivity (Wildman–Crippen MR) is 125 cm³/mol. The molecule has 172 valence electrons. The Morgan fingerprint density at radius 2 is 1.82 bits per heavy atom. The number of thioether (sulfide) groups is 1. The van der Waals surface area contributed by atoms with Crippen molar-refractivity contribution in [2.45, 2.75) is 36.8 Å². The number of carbonyl (C=O) groups excluding carboxylic acids is 3. The van der Waals surface area contributed by atoms with E-state index in [2.05, 4.69) is 5.32 Å². The van der Waals surface area contributed by atoms with Gasteiger partial charge >= 0.3 is 5.97 Å². The zero-order valence-electron chi connectivity index (χ0n) is 18.1. The zero-order chi connectivity index (χ0) is 23.5. The number of hydrogen-bond acceptors (Lipinski definition) is 6. The molecule has 7 nitrogen and oxygen atoms in total. The fraction of sp³-hybridized carbons (Fsp3) is 0.292. The maximum absolute atomic E-state index is 13.0. The summed E-state index contributed by atoms with van der Waals surface area (Å²) >= 11 is 7.51. The van der Waals surface area contributed by atoms with Crippen LogP contribution in [0.15, 0.2) is 65.9 Å². The third kappa shape index (κ3) is 4.78. The predicted octanol–water partition coefficient (Wildman–Crippen LogP) is 3.27. The van der Waals surface area contributed by atoms with Crippen molar-refractivity contribution in [3.63, 3.8) is 0 Å². The number of halogens is 1. The topological polar surface area (TPSA) is 84.9 Å². The number of methoxy groups -OCH3 is 1. The first-order valence-corrected chi connectivity index (χ1v) is 11.7. The Balaban J connectivity index is 1.47. The maximum atomic E-state index is 13.0. The van der Waals surface area contributed by atoms with Crippen LogP contribution < -0.4 is 5.32 Å². The zero-order valence-corrected chi connectivity index (χ0v) is 19.7. The van der Waals surface area contributed by atoms with E-state index in [1.807, 2.05) is 30.3 Å². The van der Waals surface area contributed by atoms with E-state index in [4.69, 9.17) is 21.1 Å². The van der Waals surface area contributed by atoms with Crippen LogP contribution in [0.5, 0.6) is 0 Å². The lowest BCUT2D eigenvalue weighted by atomic mass is 10.0. The summed E-state index contributed by atoms with van der Waals surface area (Å²) in [5, 5.41) is 2.79. The Bertz CT molecular complexity index is 1110. The van der Waals surface area contributed by atoms with E-state index in [9.17, 15) is 14.4 Å². The standard InChI is InChI=1S/C24H23ClN2O5S/c1-14-20(23(30)32-13-15-8-4-3-5-9-15)27-21(29)19(22(27)33-24(14)31-2)26-18(28)12-16-10-6-7-11-17(16)25/h3-11,19,22,24H,12-13H2,1-2H3,(H,26,28)/t19-,22-,24-/m0/s1. The highest BCUT2D eigenvalue weighted by Crippen LogP contribution is 2.44. The van der Waals surface area contributed by atoms with Crippen molar-refractivity contribution in [3.05, 3.63) is 82.0 Å². The second-order valence-corrected chi connectivity index (χ2v) is 9.30. The minimum Gasteiger partial charge on any atom is -0.456 e. The Morgan fingerprint density at radius 1 is 1.12 bits per heavy atom. The molecule has 33 heavy (non-hydrogen) atoms. The van der Waals surface area contributed by atoms with E-state index >= 15 is 0 Å². The van der Waals surface area contributed by atoms with Crippen LogP contribution in [0.4, 0.5) is 0 Å². The summed E-state index contributed by atoms with van der Waals surface area (Å²) in [5.74, 6) is -1.28. The van der Waals surface area contributed by atoms with Gasteiger partial charge in [0.25, 0.3) is 5.91 Å². The first-order chi connectivity index (χ1) is 15.9. The van der Waals surface area contributed by atoms with E-state index in [-0.39, 0.29) is 30.5 Å². The van der Waals surface area contributed by atoms with Crippen LogP contribution in [-0.2, 0) is 36.9 Å². The van der Waals surface area contributed by atoms with Gasteiger partial charge in [0.15, 0.2) is 0 Å². The molecular formula is C24H23ClN2O5S. The summed E-state index contributed by atoms with van der Waals surface area (Å²) in [7, 11) is 1.54. The minimum absolute atomic E-state index is 0.0510. The third-order valence-corrected chi connectivity index (χ3v) is 7.44. The smallest absolute Gasteiger partial charge is 0.355 e. The average Bonchev–Trinajstić information content (AvgIpc) is 2.83. The molecule has 1 fully saturated rings. The molecule has 2 amide bonds. The molecule has 0 spiro atoms. The number of benzene rings is 2. The van der Waals surface area contributed by atoms with Crippen molar-refractivity contribution in [2.75, 3.05) is 7.11 Å². The number of nitrogens with zero attached hydrogens (tertiary/aromatic N) is 1. The molecule has 0 bridgehead atoms. The van der Waals surface area contributed by atoms with Gasteiger partial charge in [0.1, 0.15) is 29.2 Å². The summed E-state index contributed by atoms with van der Waals surface area (Å²) < 4.78 is 11.0. The molecule has 0 radical (unpaired) electrons. The van der Waals surface area contributed by atoms with E-state index < -0.39 is 22.8 Å². The summed E-state index contributed by atoms with van der Waals surface area (Å²) in [6.07, 6.45) is 0.0510. The van der Waals surface area contributed by atoms with Crippen LogP contribution in [-0.4, -0.2) is 46.6 Å². The highest BCUT2D eigenvalue weighted by atomic mass is 35.5. The van der Waals surface area contributed by atoms with Crippen molar-refractivity contribution in [1.29, 1.82) is 0 Å². The Hall–Kier alpha value is -2.81. The Morgan fingerprint density at radius 3 is 2.52 bits per heavy atom. The van der Waals surface area contributed by atoms with Crippen LogP contribution in [0.2, 0.25) is 5.02 Å². The molecule has 0 unspecified atom stereocenters. The number of esters is 1. The SMILES string of the molecule is CO[C@H]1S[C@H]2[C@@H](NC(=O)Cc3ccccc3Cl)C(=O)N2C(C(=O)OCc2ccccc2)=C1C. The normalized spacial score (nSPS) is 21.8. The molecule has 4 rings (SSSR count). The van der Waals surface area contributed by atoms with Gasteiger partial charge in [-0.05, 0) is 29.7 Å². The molecule has 1 saturated heterocycles. The van der Waals surface area contributed by atoms with Gasteiger partial charge in [0, 0.05) is 12.1 Å². The van der Waals surface area contributed by atoms with Gasteiger partial charge in [0.05, 0.1) is 6.42 Å². The van der Waals surface area contributed by atoms with Crippen molar-refractivity contribution in [1.82, 2.24) is 10.2 Å². The van der Waals surface area contributed by atoms with Gasteiger partial charge in [-0.25, -0.2) is 4.79 Å². The molecular weight excluding hydrogens is 464 g/mol. The van der Waals surface area contributed by atoms with E-state index in [1.165, 1.54) is 23.8 Å². The van der Waals surface area contributed by atoms with Gasteiger partial charge in [0.2, 0.25) is 5.91 Å². The minimum atomic E-state index is -0.771. The molecule has 2 aromatic rings. The second kappa shape index (κ2) is 9.99. The van der Waals surface area contributed by atoms with E-state index in [0.29, 0.717) is 16.2 Å². The van der Waals surface area contributed by atoms with Crippen molar-refractivity contribution < 1.29 is 23.9 Å². The van der Waals surface area contributed by atoms with E-state index in [1.54, 1.807) is 31.2 Å². The number of nitrogens with one attached hydrogen (secondary N) is 1. The molecule has 2 heterocycles. The second-order valence-electron chi connectivity index (χ2n) is 7.71. The molecule has 0 aliphatic carbocycles. The van der Waals surface area contributed by atoms with Gasteiger partial charge in [-0.3, -0.25) is 14.5 Å². The fourth-order valence-corrected chi connectivity index (χ4v) is 5.38. The lowest BCUT2D eigenvalue weighted by Crippen LogP contribution is -2.71. The number of amides is 2. The van der Waals surface area contributed by atoms with E-state index in [0.717, 1.165) is 5.56 Å². The Kier molecular flexibility index (Phi) is 7.07. The molecule has 3 atom stereocenters. The highest BCUT2D eigenvalue weighted by molar-refractivity contribution is 8.00. The molecule has 1 N–H and O–H groups in total. The quantitative estimate of drug-likeness (QED) is 0.477. The van der Waals surface area contributed by atoms with Crippen LogP contribution in [0.25, 0.3) is 0 Å². The maximum Gasteiger partial charge on any atom is 0.355 e. The first-order valence-electron chi connectivity index (χ1n) is 10.4. The average molecular weight is 487 g/mol. The summed E-state index contributed by atoms with van der Waals surface area (Å²) in [5.41, 5.74) is 1.84. The first kappa shape index (κ1) is 23.4. The molecule has 2 aliphatic rings. The van der Waals surface area contributed by atoms with Gasteiger partial charge in [-0.1, -0.05) is 71.9 Å². The highest BCUT2D eigenvalue weighted by Gasteiger charge is 2.56. The van der Waals surface area contributed by atoms with Crippen LogP contribution in [0, 0.1) is 0 Å². The fourth-order valence-electron chi connectivity index (χ4n) is 3.83. The Labute approximate surface area is 201 Å². The number of fused-ring (bicyclic) bond motifs is 1. The van der Waals surface area contributed by atoms with Crippen LogP contribution in [0.3, 0.4) is 0 Å². The third-order valence-electron chi connectivity index (χ3n) is 5.52. The molecule has 0 saturated carbocycles. The number of β-lactam (4-membered cyclic amide) rings is 1. The molecule has 9 heteroatoms.